The van der Waals surface area contributed by atoms with Gasteiger partial charge in [0, 0.05) is 11.1 Å². The summed E-state index contributed by atoms with van der Waals surface area (Å²) in [6.07, 6.45) is -0.277. The fourth-order valence-corrected chi connectivity index (χ4v) is 6.61. The first-order valence-electron chi connectivity index (χ1n) is 13.4. The third kappa shape index (κ3) is 3.21. The summed E-state index contributed by atoms with van der Waals surface area (Å²) < 4.78 is 22.7. The molecule has 6 aliphatic rings. The van der Waals surface area contributed by atoms with Crippen LogP contribution in [0.1, 0.15) is 11.1 Å². The number of benzene rings is 2. The van der Waals surface area contributed by atoms with Crippen molar-refractivity contribution in [3.63, 3.8) is 0 Å². The molecule has 4 unspecified atom stereocenters. The lowest BCUT2D eigenvalue weighted by atomic mass is 9.79. The van der Waals surface area contributed by atoms with E-state index in [1.807, 2.05) is 80.3 Å². The van der Waals surface area contributed by atoms with E-state index in [0.717, 1.165) is 11.1 Å². The number of rotatable bonds is 10. The van der Waals surface area contributed by atoms with E-state index < -0.39 is 11.3 Å². The van der Waals surface area contributed by atoms with Crippen LogP contribution in [0, 0.1) is 0 Å². The number of hydrogen-bond acceptors (Lipinski definition) is 6. The molecular formula is C28H30N4O6. The Morgan fingerprint density at radius 2 is 0.789 bits per heavy atom. The molecule has 4 amide bonds. The summed E-state index contributed by atoms with van der Waals surface area (Å²) in [7, 11) is 0. The van der Waals surface area contributed by atoms with E-state index >= 15 is 0 Å². The third-order valence-corrected chi connectivity index (χ3v) is 8.48. The SMILES string of the molecule is O=C1N(CC2CO2)C2(c3ccccc3)N(CC3CO3)C(=O)N(CC3CO3)C2(c2ccccc2)N1CC1CO1. The molecule has 8 rings (SSSR count). The van der Waals surface area contributed by atoms with Crippen molar-refractivity contribution in [2.45, 2.75) is 35.7 Å². The Kier molecular flexibility index (Phi) is 4.89. The van der Waals surface area contributed by atoms with Gasteiger partial charge in [0.1, 0.15) is 0 Å². The number of hydrogen-bond donors (Lipinski definition) is 0. The maximum atomic E-state index is 14.7. The van der Waals surface area contributed by atoms with Crippen LogP contribution in [0.25, 0.3) is 0 Å². The Labute approximate surface area is 220 Å². The minimum Gasteiger partial charge on any atom is -0.371 e. The number of carbonyl (C=O) groups is 2. The van der Waals surface area contributed by atoms with Crippen LogP contribution in [0.2, 0.25) is 0 Å². The second-order valence-corrected chi connectivity index (χ2v) is 10.9. The van der Waals surface area contributed by atoms with Crippen molar-refractivity contribution < 1.29 is 28.5 Å². The zero-order chi connectivity index (χ0) is 25.5. The van der Waals surface area contributed by atoms with Crippen LogP contribution in [-0.4, -0.2) is 109 Å². The summed E-state index contributed by atoms with van der Waals surface area (Å²) in [5.41, 5.74) is -0.563. The van der Waals surface area contributed by atoms with Gasteiger partial charge >= 0.3 is 12.1 Å². The van der Waals surface area contributed by atoms with Crippen LogP contribution in [0.3, 0.4) is 0 Å². The van der Waals surface area contributed by atoms with Crippen LogP contribution in [0.15, 0.2) is 60.7 Å². The van der Waals surface area contributed by atoms with Gasteiger partial charge in [0.05, 0.1) is 77.0 Å². The molecule has 6 saturated heterocycles. The number of urea groups is 2. The first kappa shape index (κ1) is 22.8. The lowest BCUT2D eigenvalue weighted by molar-refractivity contribution is -0.0801. The largest absolute Gasteiger partial charge is 0.371 e. The molecule has 6 heterocycles. The molecule has 0 radical (unpaired) electrons. The van der Waals surface area contributed by atoms with Crippen molar-refractivity contribution >= 4 is 12.1 Å². The molecule has 0 spiro atoms. The van der Waals surface area contributed by atoms with Crippen LogP contribution in [0.5, 0.6) is 0 Å². The van der Waals surface area contributed by atoms with E-state index in [1.54, 1.807) is 0 Å². The van der Waals surface area contributed by atoms with E-state index in [1.165, 1.54) is 0 Å². The molecule has 10 heteroatoms. The number of ether oxygens (including phenoxy) is 4. The molecular weight excluding hydrogens is 488 g/mol. The van der Waals surface area contributed by atoms with E-state index in [0.29, 0.717) is 52.6 Å². The average Bonchev–Trinajstić information content (AvgIpc) is 3.73. The van der Waals surface area contributed by atoms with Gasteiger partial charge in [-0.3, -0.25) is 19.6 Å². The Hall–Kier alpha value is -3.18. The highest BCUT2D eigenvalue weighted by molar-refractivity contribution is 5.90. The highest BCUT2D eigenvalue weighted by Gasteiger charge is 2.80. The molecule has 0 bridgehead atoms. The minimum atomic E-state index is -1.16. The predicted octanol–water partition coefficient (Wildman–Crippen LogP) is 1.76. The third-order valence-electron chi connectivity index (χ3n) is 8.48. The van der Waals surface area contributed by atoms with Crippen molar-refractivity contribution in [3.05, 3.63) is 71.8 Å². The molecule has 2 aromatic rings. The van der Waals surface area contributed by atoms with E-state index in [9.17, 15) is 9.59 Å². The average molecular weight is 519 g/mol. The van der Waals surface area contributed by atoms with Gasteiger partial charge in [-0.25, -0.2) is 9.59 Å². The maximum absolute atomic E-state index is 14.7. The van der Waals surface area contributed by atoms with Gasteiger partial charge in [-0.2, -0.15) is 0 Å². The summed E-state index contributed by atoms with van der Waals surface area (Å²) >= 11 is 0. The second kappa shape index (κ2) is 8.16. The van der Waals surface area contributed by atoms with Gasteiger partial charge in [-0.15, -0.1) is 0 Å². The Morgan fingerprint density at radius 1 is 0.526 bits per heavy atom. The van der Waals surface area contributed by atoms with Crippen molar-refractivity contribution in [2.75, 3.05) is 52.6 Å². The number of epoxide rings is 4. The molecule has 4 atom stereocenters. The standard InChI is InChI=1S/C28H30N4O6/c33-25-29(11-21-15-35-21)27(19-7-3-1-4-8-19)28(20-9-5-2-6-10-20,31(25)13-23-17-37-23)32(14-24-18-38-24)26(34)30(27)12-22-16-36-22/h1-10,21-24H,11-18H2. The molecule has 0 aromatic heterocycles. The molecule has 0 saturated carbocycles. The molecule has 0 aliphatic carbocycles. The van der Waals surface area contributed by atoms with Gasteiger partial charge in [0.15, 0.2) is 11.3 Å². The maximum Gasteiger partial charge on any atom is 0.324 e. The Morgan fingerprint density at radius 3 is 1.03 bits per heavy atom. The first-order chi connectivity index (χ1) is 18.6. The number of fused-ring (bicyclic) bond motifs is 1. The predicted molar refractivity (Wildman–Crippen MR) is 133 cm³/mol. The van der Waals surface area contributed by atoms with Crippen LogP contribution < -0.4 is 0 Å². The fraction of sp³-hybridized carbons (Fsp3) is 0.500. The molecule has 0 N–H and O–H groups in total. The molecule has 198 valence electrons. The molecule has 6 aliphatic heterocycles. The fourth-order valence-electron chi connectivity index (χ4n) is 6.61. The zero-order valence-corrected chi connectivity index (χ0v) is 21.0. The number of nitrogens with zero attached hydrogens (tertiary/aromatic N) is 4. The van der Waals surface area contributed by atoms with Crippen LogP contribution >= 0.6 is 0 Å². The summed E-state index contributed by atoms with van der Waals surface area (Å²) in [4.78, 5) is 37.0. The monoisotopic (exact) mass is 518 g/mol. The summed E-state index contributed by atoms with van der Waals surface area (Å²) in [5.74, 6) is 0. The highest BCUT2D eigenvalue weighted by atomic mass is 16.6. The Bertz CT molecular complexity index is 1100. The van der Waals surface area contributed by atoms with Gasteiger partial charge in [-0.1, -0.05) is 60.7 Å². The minimum absolute atomic E-state index is 0.0694. The van der Waals surface area contributed by atoms with Gasteiger partial charge in [0.25, 0.3) is 0 Å². The zero-order valence-electron chi connectivity index (χ0n) is 21.0. The lowest BCUT2D eigenvalue weighted by Gasteiger charge is -2.50. The van der Waals surface area contributed by atoms with E-state index in [2.05, 4.69) is 0 Å². The lowest BCUT2D eigenvalue weighted by Crippen LogP contribution is -2.65. The molecule has 6 fully saturated rings. The molecule has 10 nitrogen and oxygen atoms in total. The van der Waals surface area contributed by atoms with Gasteiger partial charge in [0.2, 0.25) is 0 Å². The van der Waals surface area contributed by atoms with E-state index in [4.69, 9.17) is 18.9 Å². The summed E-state index contributed by atoms with van der Waals surface area (Å²) in [5, 5.41) is 0. The highest BCUT2D eigenvalue weighted by Crippen LogP contribution is 2.63. The van der Waals surface area contributed by atoms with Crippen molar-refractivity contribution in [1.29, 1.82) is 0 Å². The topological polar surface area (TPSA) is 97.2 Å². The summed E-state index contributed by atoms with van der Waals surface area (Å²) in [6, 6.07) is 19.7. The molecule has 2 aromatic carbocycles. The normalized spacial score (nSPS) is 36.6. The number of carbonyl (C=O) groups excluding carboxylic acids is 2. The Balaban J connectivity index is 1.45. The van der Waals surface area contributed by atoms with Gasteiger partial charge < -0.3 is 18.9 Å². The first-order valence-corrected chi connectivity index (χ1v) is 13.4. The van der Waals surface area contributed by atoms with Gasteiger partial charge in [-0.05, 0) is 0 Å². The van der Waals surface area contributed by atoms with Crippen LogP contribution in [-0.2, 0) is 30.3 Å². The second-order valence-electron chi connectivity index (χ2n) is 10.9. The van der Waals surface area contributed by atoms with Crippen LogP contribution in [0.4, 0.5) is 9.59 Å². The smallest absolute Gasteiger partial charge is 0.324 e. The van der Waals surface area contributed by atoms with E-state index in [-0.39, 0.29) is 36.5 Å². The van der Waals surface area contributed by atoms with Crippen molar-refractivity contribution in [3.8, 4) is 0 Å². The summed E-state index contributed by atoms with van der Waals surface area (Å²) in [6.45, 7) is 3.91. The molecule has 38 heavy (non-hydrogen) atoms. The van der Waals surface area contributed by atoms with Crippen molar-refractivity contribution in [1.82, 2.24) is 19.6 Å². The number of amides is 4. The quantitative estimate of drug-likeness (QED) is 0.445. The van der Waals surface area contributed by atoms with Crippen molar-refractivity contribution in [2.24, 2.45) is 0 Å².